The summed E-state index contributed by atoms with van der Waals surface area (Å²) in [6.45, 7) is -0.385. The van der Waals surface area contributed by atoms with E-state index in [2.05, 4.69) is 15.5 Å². The molecule has 1 aliphatic carbocycles. The minimum atomic E-state index is -3.15. The zero-order valence-corrected chi connectivity index (χ0v) is 19.8. The lowest BCUT2D eigenvalue weighted by Gasteiger charge is -2.38. The molecule has 1 aromatic heterocycles. The number of H-pyrrole nitrogens is 1. The minimum absolute atomic E-state index is 0.0128. The van der Waals surface area contributed by atoms with E-state index in [-0.39, 0.29) is 48.2 Å². The van der Waals surface area contributed by atoms with E-state index in [4.69, 9.17) is 4.74 Å². The molecule has 2 fully saturated rings. The molecule has 1 saturated carbocycles. The SMILES string of the molecule is O=C(CCNC(=O)c1n[nH]c2ccccc12)OCC(=O)N(C1CCCCC1)C1CCS(=O)(=O)C1. The van der Waals surface area contributed by atoms with Crippen LogP contribution in [0.25, 0.3) is 10.9 Å². The van der Waals surface area contributed by atoms with Gasteiger partial charge in [0.25, 0.3) is 11.8 Å². The van der Waals surface area contributed by atoms with Gasteiger partial charge in [0.2, 0.25) is 0 Å². The molecule has 34 heavy (non-hydrogen) atoms. The Morgan fingerprint density at radius 3 is 2.59 bits per heavy atom. The number of amides is 2. The van der Waals surface area contributed by atoms with Crippen LogP contribution in [0.1, 0.15) is 55.4 Å². The highest BCUT2D eigenvalue weighted by Gasteiger charge is 2.38. The van der Waals surface area contributed by atoms with Crippen molar-refractivity contribution in [2.75, 3.05) is 24.7 Å². The summed E-state index contributed by atoms with van der Waals surface area (Å²) in [6.07, 6.45) is 5.11. The number of sulfone groups is 1. The van der Waals surface area contributed by atoms with Crippen molar-refractivity contribution in [1.29, 1.82) is 0 Å². The fourth-order valence-electron chi connectivity index (χ4n) is 4.85. The lowest BCUT2D eigenvalue weighted by molar-refractivity contribution is -0.154. The molecular weight excluding hydrogens is 460 g/mol. The van der Waals surface area contributed by atoms with E-state index in [1.807, 2.05) is 12.1 Å². The van der Waals surface area contributed by atoms with Crippen molar-refractivity contribution in [2.45, 2.75) is 57.0 Å². The molecule has 2 heterocycles. The van der Waals surface area contributed by atoms with E-state index in [9.17, 15) is 22.8 Å². The average Bonchev–Trinajstić information content (AvgIpc) is 3.41. The third-order valence-electron chi connectivity index (χ3n) is 6.51. The van der Waals surface area contributed by atoms with Gasteiger partial charge in [-0.15, -0.1) is 0 Å². The van der Waals surface area contributed by atoms with Gasteiger partial charge in [-0.25, -0.2) is 8.42 Å². The molecule has 2 N–H and O–H groups in total. The minimum Gasteiger partial charge on any atom is -0.456 e. The molecule has 1 unspecified atom stereocenters. The average molecular weight is 491 g/mol. The molecule has 0 spiro atoms. The Kier molecular flexibility index (Phi) is 7.50. The summed E-state index contributed by atoms with van der Waals surface area (Å²) >= 11 is 0. The van der Waals surface area contributed by atoms with Gasteiger partial charge in [0.1, 0.15) is 0 Å². The lowest BCUT2D eigenvalue weighted by atomic mass is 9.93. The number of benzene rings is 1. The third kappa shape index (κ3) is 5.75. The lowest BCUT2D eigenvalue weighted by Crippen LogP contribution is -2.50. The molecular formula is C23H30N4O6S. The van der Waals surface area contributed by atoms with Crippen molar-refractivity contribution >= 4 is 38.5 Å². The van der Waals surface area contributed by atoms with Gasteiger partial charge in [0, 0.05) is 24.0 Å². The molecule has 184 valence electrons. The Hall–Kier alpha value is -2.95. The summed E-state index contributed by atoms with van der Waals surface area (Å²) in [6, 6.07) is 6.86. The number of carbonyl (C=O) groups is 3. The highest BCUT2D eigenvalue weighted by atomic mass is 32.2. The smallest absolute Gasteiger partial charge is 0.308 e. The highest BCUT2D eigenvalue weighted by Crippen LogP contribution is 2.28. The van der Waals surface area contributed by atoms with Crippen LogP contribution in [0.5, 0.6) is 0 Å². The quantitative estimate of drug-likeness (QED) is 0.536. The van der Waals surface area contributed by atoms with E-state index < -0.39 is 28.3 Å². The summed E-state index contributed by atoms with van der Waals surface area (Å²) in [7, 11) is -3.15. The molecule has 1 saturated heterocycles. The number of aromatic nitrogens is 2. The Morgan fingerprint density at radius 1 is 1.09 bits per heavy atom. The van der Waals surface area contributed by atoms with E-state index in [1.165, 1.54) is 0 Å². The number of carbonyl (C=O) groups excluding carboxylic acids is 3. The molecule has 0 radical (unpaired) electrons. The predicted molar refractivity (Wildman–Crippen MR) is 125 cm³/mol. The predicted octanol–water partition coefficient (Wildman–Crippen LogP) is 1.57. The second kappa shape index (κ2) is 10.5. The zero-order chi connectivity index (χ0) is 24.1. The van der Waals surface area contributed by atoms with Crippen LogP contribution >= 0.6 is 0 Å². The fraction of sp³-hybridized carbons (Fsp3) is 0.565. The van der Waals surface area contributed by atoms with Gasteiger partial charge in [-0.1, -0.05) is 37.5 Å². The largest absolute Gasteiger partial charge is 0.456 e. The van der Waals surface area contributed by atoms with Gasteiger partial charge in [0.05, 0.1) is 23.4 Å². The van der Waals surface area contributed by atoms with Gasteiger partial charge >= 0.3 is 5.97 Å². The number of ether oxygens (including phenoxy) is 1. The number of hydrogen-bond donors (Lipinski definition) is 2. The van der Waals surface area contributed by atoms with Crippen molar-refractivity contribution < 1.29 is 27.5 Å². The maximum atomic E-state index is 13.0. The first-order valence-electron chi connectivity index (χ1n) is 11.7. The number of esters is 1. The first-order chi connectivity index (χ1) is 16.3. The van der Waals surface area contributed by atoms with Crippen molar-refractivity contribution in [3.05, 3.63) is 30.0 Å². The Labute approximate surface area is 198 Å². The standard InChI is InChI=1S/C23H30N4O6S/c28-20(27(16-6-2-1-3-7-16)17-11-13-34(31,32)15-17)14-33-21(29)10-12-24-23(30)22-18-8-4-5-9-19(18)25-26-22/h4-5,8-9,16-17H,1-3,6-7,10-15H2,(H,24,30)(H,25,26). The number of nitrogens with zero attached hydrogens (tertiary/aromatic N) is 2. The van der Waals surface area contributed by atoms with Gasteiger partial charge in [-0.2, -0.15) is 5.10 Å². The van der Waals surface area contributed by atoms with Crippen molar-refractivity contribution in [1.82, 2.24) is 20.4 Å². The van der Waals surface area contributed by atoms with Crippen molar-refractivity contribution in [2.24, 2.45) is 0 Å². The van der Waals surface area contributed by atoms with Crippen molar-refractivity contribution in [3.8, 4) is 0 Å². The highest BCUT2D eigenvalue weighted by molar-refractivity contribution is 7.91. The zero-order valence-electron chi connectivity index (χ0n) is 19.0. The fourth-order valence-corrected chi connectivity index (χ4v) is 6.56. The molecule has 1 atom stereocenters. The summed E-state index contributed by atoms with van der Waals surface area (Å²) < 4.78 is 29.1. The Bertz CT molecular complexity index is 1160. The summed E-state index contributed by atoms with van der Waals surface area (Å²) in [4.78, 5) is 39.2. The van der Waals surface area contributed by atoms with E-state index in [0.717, 1.165) is 37.6 Å². The number of fused-ring (bicyclic) bond motifs is 1. The number of aromatic amines is 1. The summed E-state index contributed by atoms with van der Waals surface area (Å²) in [5, 5.41) is 10.1. The summed E-state index contributed by atoms with van der Waals surface area (Å²) in [5.41, 5.74) is 0.983. The maximum Gasteiger partial charge on any atom is 0.308 e. The Morgan fingerprint density at radius 2 is 1.85 bits per heavy atom. The molecule has 1 aliphatic heterocycles. The number of hydrogen-bond acceptors (Lipinski definition) is 7. The molecule has 4 rings (SSSR count). The van der Waals surface area contributed by atoms with Crippen LogP contribution in [0.3, 0.4) is 0 Å². The first-order valence-corrected chi connectivity index (χ1v) is 13.5. The van der Waals surface area contributed by atoms with Crippen LogP contribution in [-0.2, 0) is 24.2 Å². The topological polar surface area (TPSA) is 139 Å². The summed E-state index contributed by atoms with van der Waals surface area (Å²) in [5.74, 6) is -1.32. The van der Waals surface area contributed by atoms with E-state index in [0.29, 0.717) is 11.8 Å². The molecule has 1 aromatic carbocycles. The van der Waals surface area contributed by atoms with Gasteiger partial charge in [0.15, 0.2) is 22.1 Å². The Balaban J connectivity index is 1.27. The monoisotopic (exact) mass is 490 g/mol. The second-order valence-electron chi connectivity index (χ2n) is 8.93. The number of para-hydroxylation sites is 1. The second-order valence-corrected chi connectivity index (χ2v) is 11.2. The van der Waals surface area contributed by atoms with E-state index >= 15 is 0 Å². The van der Waals surface area contributed by atoms with Crippen LogP contribution in [-0.4, -0.2) is 78.0 Å². The van der Waals surface area contributed by atoms with Crippen LogP contribution in [0.15, 0.2) is 24.3 Å². The van der Waals surface area contributed by atoms with Gasteiger partial charge in [-0.3, -0.25) is 19.5 Å². The van der Waals surface area contributed by atoms with E-state index in [1.54, 1.807) is 17.0 Å². The van der Waals surface area contributed by atoms with Crippen LogP contribution in [0, 0.1) is 0 Å². The van der Waals surface area contributed by atoms with Gasteiger partial charge in [-0.05, 0) is 25.3 Å². The molecule has 2 aromatic rings. The third-order valence-corrected chi connectivity index (χ3v) is 8.26. The maximum absolute atomic E-state index is 13.0. The first kappa shape index (κ1) is 24.2. The number of rotatable bonds is 8. The molecule has 10 nitrogen and oxygen atoms in total. The normalized spacial score (nSPS) is 20.2. The van der Waals surface area contributed by atoms with Crippen LogP contribution in [0.2, 0.25) is 0 Å². The van der Waals surface area contributed by atoms with Crippen LogP contribution in [0.4, 0.5) is 0 Å². The number of nitrogens with one attached hydrogen (secondary N) is 2. The molecule has 11 heteroatoms. The molecule has 2 amide bonds. The van der Waals surface area contributed by atoms with Crippen molar-refractivity contribution in [3.63, 3.8) is 0 Å². The molecule has 0 bridgehead atoms. The van der Waals surface area contributed by atoms with Crippen LogP contribution < -0.4 is 5.32 Å². The molecule has 2 aliphatic rings. The van der Waals surface area contributed by atoms with Gasteiger partial charge < -0.3 is 15.0 Å².